The van der Waals surface area contributed by atoms with Crippen molar-refractivity contribution in [1.82, 2.24) is 109 Å². The molecule has 0 atom stereocenters. The summed E-state index contributed by atoms with van der Waals surface area (Å²) in [6.45, 7) is 15.8. The summed E-state index contributed by atoms with van der Waals surface area (Å²) in [6, 6.07) is 1.78. The highest BCUT2D eigenvalue weighted by Crippen LogP contribution is 2.32. The van der Waals surface area contributed by atoms with Crippen LogP contribution >= 0.6 is 45.6 Å². The van der Waals surface area contributed by atoms with Crippen molar-refractivity contribution >= 4 is 45.6 Å². The van der Waals surface area contributed by atoms with Gasteiger partial charge < -0.3 is 77.4 Å². The fourth-order valence-corrected chi connectivity index (χ4v) is 12.6. The molecule has 0 radical (unpaired) electrons. The Morgan fingerprint density at radius 2 is 0.844 bits per heavy atom. The van der Waals surface area contributed by atoms with Gasteiger partial charge in [-0.3, -0.25) is 38.2 Å². The van der Waals surface area contributed by atoms with Crippen LogP contribution < -0.4 is 72.1 Å². The van der Waals surface area contributed by atoms with Gasteiger partial charge in [-0.1, -0.05) is 35.8 Å². The lowest BCUT2D eigenvalue weighted by atomic mass is 10.1. The molecule has 0 aliphatic heterocycles. The minimum Gasteiger partial charge on any atom is -0.490 e. The van der Waals surface area contributed by atoms with E-state index < -0.39 is 0 Å². The van der Waals surface area contributed by atoms with Gasteiger partial charge in [-0.05, 0) is 74.3 Å². The molecule has 1 aliphatic rings. The van der Waals surface area contributed by atoms with Crippen LogP contribution in [0.1, 0.15) is 88.1 Å². The monoisotopic (exact) mass is 1570 g/mol. The average molecular weight is 1570 g/mol. The topological polar surface area (TPSA) is 496 Å². The first-order valence-corrected chi connectivity index (χ1v) is 35.4. The fraction of sp³-hybridized carbons (Fsp3) is 0.324. The molecule has 13 heterocycles. The average Bonchev–Trinajstić information content (AvgIpc) is 1.70. The molecule has 8 N–H and O–H groups in total. The summed E-state index contributed by atoms with van der Waals surface area (Å²) >= 11 is 9.92. The maximum Gasteiger partial charge on any atom is 0.293 e. The van der Waals surface area contributed by atoms with Crippen LogP contribution in [0.15, 0.2) is 92.9 Å². The van der Waals surface area contributed by atoms with Crippen molar-refractivity contribution in [3.63, 3.8) is 0 Å². The van der Waals surface area contributed by atoms with Crippen molar-refractivity contribution in [1.29, 1.82) is 0 Å². The number of halogens is 1. The Morgan fingerprint density at radius 1 is 0.440 bits per heavy atom. The second-order valence-corrected chi connectivity index (χ2v) is 26.7. The Hall–Kier alpha value is -12.4. The van der Waals surface area contributed by atoms with E-state index in [1.54, 1.807) is 97.2 Å². The van der Waals surface area contributed by atoms with E-state index in [-0.39, 0.29) is 73.4 Å². The molecule has 1 saturated carbocycles. The number of hydrogen-bond acceptors (Lipinski definition) is 31. The van der Waals surface area contributed by atoms with E-state index >= 15 is 0 Å². The summed E-state index contributed by atoms with van der Waals surface area (Å²) in [5, 5.41) is 7.82. The number of imidazole rings is 1. The zero-order valence-electron chi connectivity index (χ0n) is 62.1. The van der Waals surface area contributed by atoms with Crippen LogP contribution in [-0.4, -0.2) is 159 Å². The number of rotatable bonds is 14. The molecule has 41 heteroatoms. The van der Waals surface area contributed by atoms with E-state index in [0.717, 1.165) is 29.2 Å². The molecule has 109 heavy (non-hydrogen) atoms. The van der Waals surface area contributed by atoms with Crippen LogP contribution in [0.4, 0.5) is 0 Å². The minimum atomic E-state index is -0.328. The number of H-pyrrole nitrogens is 8. The van der Waals surface area contributed by atoms with Crippen molar-refractivity contribution in [2.24, 2.45) is 7.05 Å². The fourth-order valence-electron chi connectivity index (χ4n) is 10.4. The lowest BCUT2D eigenvalue weighted by Crippen LogP contribution is -2.17. The Labute approximate surface area is 635 Å². The highest BCUT2D eigenvalue weighted by atomic mass is 35.5. The molecule has 0 unspecified atom stereocenters. The normalized spacial score (nSPS) is 11.3. The molecular weight excluding hydrogens is 1500 g/mol. The van der Waals surface area contributed by atoms with Crippen LogP contribution in [-0.2, 0) is 7.05 Å². The Bertz CT molecular complexity index is 5330. The van der Waals surface area contributed by atoms with E-state index in [1.165, 1.54) is 109 Å². The number of aromatic nitrogens is 22. The Kier molecular flexibility index (Phi) is 28.8. The van der Waals surface area contributed by atoms with Crippen LogP contribution in [0.25, 0.3) is 67.2 Å². The van der Waals surface area contributed by atoms with Crippen LogP contribution in [0.3, 0.4) is 0 Å². The highest BCUT2D eigenvalue weighted by Gasteiger charge is 2.22. The minimum absolute atomic E-state index is 0.160. The predicted molar refractivity (Wildman–Crippen MR) is 407 cm³/mol. The number of nitrogens with one attached hydrogen (secondary N) is 8. The summed E-state index contributed by atoms with van der Waals surface area (Å²) < 4.78 is 41.8. The number of hydrogen-bond donors (Lipinski definition) is 8. The second-order valence-electron chi connectivity index (χ2n) is 22.9. The van der Waals surface area contributed by atoms with Gasteiger partial charge in [0.05, 0.1) is 95.8 Å². The van der Waals surface area contributed by atoms with Gasteiger partial charge in [0.25, 0.3) is 38.9 Å². The number of aryl methyl sites for hydroxylation is 10. The maximum atomic E-state index is 11.6. The van der Waals surface area contributed by atoms with Crippen LogP contribution in [0.2, 0.25) is 4.34 Å². The number of oxazole rings is 1. The molecule has 13 aromatic rings. The molecule has 13 aromatic heterocycles. The summed E-state index contributed by atoms with van der Waals surface area (Å²) in [5.41, 5.74) is 3.22. The van der Waals surface area contributed by atoms with Crippen molar-refractivity contribution in [2.75, 3.05) is 49.8 Å². The number of aromatic amines is 8. The molecule has 0 amide bonds. The van der Waals surface area contributed by atoms with Gasteiger partial charge in [0.2, 0.25) is 40.2 Å². The number of thiazole rings is 3. The summed E-state index contributed by atoms with van der Waals surface area (Å²) in [7, 11) is 11.9. The molecule has 0 spiro atoms. The standard InChI is InChI=1S/C11H16N2O2.C10H12N4O2.C10H11N3O3.C10H11N3O2S.C9H8ClN3O2S.C9H10N4O2.C9H9N3O2S/c1-7-9(15-2)11(14)13-10(12-7)8-5-3-4-6-8;1-6-8(16-3)10(15)13-9(12-6)7-4-5-11-14(7)2;1-5-8(15-3)10(14)13-9(11-5)7-4-16-6(2)12-7;1-5-4-11-10(16-5)8-12-6(2)7(15-3)9(14)13-8;1-4-6(15-2)8(14)13-7(12-4)9-11-3-5(10)16-9;1-5-6(15-2)9(14)13-8(12-5)7-10-3-4-11-7;1-5-6(14-2)8(13)12-7(11-5)9-10-3-4-15-9/h8H,3-6H2,1-2H3,(H,12,13,14);4-5H,1-3H3,(H,12,13,15);4H,1-3H3,(H,11,13,14);4H,1-3H3,(H,12,13,14);3H,1-2H3,(H,12,13,14);3-4H,1-2H3,(H,10,11)(H,12,13,14);3-4H,1-2H3,(H,11,12,13). The Balaban J connectivity index is 0.000000160. The number of ether oxygens (including phenoxy) is 7. The van der Waals surface area contributed by atoms with Gasteiger partial charge in [0, 0.05) is 61.1 Å². The first-order chi connectivity index (χ1) is 52.1. The smallest absolute Gasteiger partial charge is 0.293 e. The Morgan fingerprint density at radius 3 is 1.21 bits per heavy atom. The molecule has 574 valence electrons. The molecule has 0 saturated heterocycles. The van der Waals surface area contributed by atoms with E-state index in [1.807, 2.05) is 19.2 Å². The summed E-state index contributed by atoms with van der Waals surface area (Å²) in [4.78, 5) is 154. The highest BCUT2D eigenvalue weighted by molar-refractivity contribution is 7.18. The lowest BCUT2D eigenvalue weighted by Gasteiger charge is -2.10. The zero-order chi connectivity index (χ0) is 79.3. The zero-order valence-corrected chi connectivity index (χ0v) is 65.3. The van der Waals surface area contributed by atoms with Gasteiger partial charge in [-0.25, -0.2) is 59.8 Å². The third-order valence-electron chi connectivity index (χ3n) is 15.3. The van der Waals surface area contributed by atoms with Crippen molar-refractivity contribution in [3.8, 4) is 107 Å². The molecule has 0 aromatic carbocycles. The van der Waals surface area contributed by atoms with Gasteiger partial charge >= 0.3 is 0 Å². The van der Waals surface area contributed by atoms with Gasteiger partial charge in [-0.15, -0.1) is 22.7 Å². The SMILES string of the molecule is COc1c(C)nc(-c2ccnn2C)[nH]c1=O.COc1c(C)nc(-c2coc(C)n2)[nH]c1=O.COc1c(C)nc(-c2ncc(C)s2)[nH]c1=O.COc1c(C)nc(-c2ncc(Cl)s2)[nH]c1=O.COc1c(C)nc(-c2ncc[nH]2)[nH]c1=O.COc1c(C)nc(-c2nccs2)[nH]c1=O.COc1c(C)nc(C2CCCC2)[nH]c1=O. The molecular formula is C68H77ClN22O15S3. The van der Waals surface area contributed by atoms with Crippen molar-refractivity contribution in [2.45, 2.75) is 93.9 Å². The van der Waals surface area contributed by atoms with Gasteiger partial charge in [0.1, 0.15) is 27.8 Å². The first kappa shape index (κ1) is 82.2. The first-order valence-electron chi connectivity index (χ1n) is 32.5. The quantitative estimate of drug-likeness (QED) is 0.0506. The second kappa shape index (κ2) is 38.2. The largest absolute Gasteiger partial charge is 0.490 e. The third kappa shape index (κ3) is 21.0. The summed E-state index contributed by atoms with van der Waals surface area (Å²) in [6.07, 6.45) is 16.0. The molecule has 1 aliphatic carbocycles. The van der Waals surface area contributed by atoms with E-state index in [2.05, 4.69) is 105 Å². The molecule has 37 nitrogen and oxygen atoms in total. The summed E-state index contributed by atoms with van der Waals surface area (Å²) in [5.74, 6) is 6.67. The van der Waals surface area contributed by atoms with Crippen molar-refractivity contribution < 1.29 is 37.6 Å². The van der Waals surface area contributed by atoms with E-state index in [4.69, 9.17) is 49.2 Å². The number of methoxy groups -OCH3 is 7. The number of nitrogens with zero attached hydrogens (tertiary/aromatic N) is 14. The molecule has 14 rings (SSSR count). The predicted octanol–water partition coefficient (Wildman–Crippen LogP) is 8.35. The van der Waals surface area contributed by atoms with Gasteiger partial charge in [0.15, 0.2) is 61.7 Å². The van der Waals surface area contributed by atoms with E-state index in [0.29, 0.717) is 123 Å². The van der Waals surface area contributed by atoms with Crippen molar-refractivity contribution in [3.05, 3.63) is 188 Å². The van der Waals surface area contributed by atoms with Crippen LogP contribution in [0, 0.1) is 62.3 Å². The van der Waals surface area contributed by atoms with E-state index in [9.17, 15) is 33.6 Å². The third-order valence-corrected chi connectivity index (χ3v) is 18.1. The lowest BCUT2D eigenvalue weighted by molar-refractivity contribution is 0.400. The van der Waals surface area contributed by atoms with Crippen LogP contribution in [0.5, 0.6) is 40.2 Å². The maximum absolute atomic E-state index is 11.6. The molecule has 0 bridgehead atoms. The molecule has 1 fully saturated rings. The van der Waals surface area contributed by atoms with Gasteiger partial charge in [-0.2, -0.15) is 5.10 Å².